The Kier molecular flexibility index (Phi) is 3.77. The number of fused-ring (bicyclic) bond motifs is 1. The SMILES string of the molecule is NS(=O)(=O)c1ccc(NC2Cc3ccccc3C2)c(Br)c1. The van der Waals surface area contributed by atoms with E-state index in [1.165, 1.54) is 23.3 Å². The lowest BCUT2D eigenvalue weighted by atomic mass is 10.1. The van der Waals surface area contributed by atoms with Crippen LogP contribution < -0.4 is 10.5 Å². The highest BCUT2D eigenvalue weighted by atomic mass is 79.9. The topological polar surface area (TPSA) is 72.2 Å². The van der Waals surface area contributed by atoms with Crippen molar-refractivity contribution >= 4 is 31.6 Å². The van der Waals surface area contributed by atoms with Gasteiger partial charge in [-0.1, -0.05) is 24.3 Å². The van der Waals surface area contributed by atoms with Crippen LogP contribution in [0.2, 0.25) is 0 Å². The Bertz CT molecular complexity index is 765. The molecule has 2 aromatic rings. The van der Waals surface area contributed by atoms with Crippen molar-refractivity contribution in [3.8, 4) is 0 Å². The number of hydrogen-bond donors (Lipinski definition) is 2. The van der Waals surface area contributed by atoms with Crippen LogP contribution in [0.1, 0.15) is 11.1 Å². The number of primary sulfonamides is 1. The highest BCUT2D eigenvalue weighted by Gasteiger charge is 2.21. The molecular formula is C15H15BrN2O2S. The molecule has 0 saturated carbocycles. The van der Waals surface area contributed by atoms with E-state index >= 15 is 0 Å². The van der Waals surface area contributed by atoms with Gasteiger partial charge in [0.2, 0.25) is 10.0 Å². The third-order valence-corrected chi connectivity index (χ3v) is 5.25. The van der Waals surface area contributed by atoms with Crippen molar-refractivity contribution < 1.29 is 8.42 Å². The van der Waals surface area contributed by atoms with Crippen LogP contribution in [0.15, 0.2) is 51.8 Å². The van der Waals surface area contributed by atoms with Crippen molar-refractivity contribution in [2.75, 3.05) is 5.32 Å². The second kappa shape index (κ2) is 5.44. The molecule has 6 heteroatoms. The summed E-state index contributed by atoms with van der Waals surface area (Å²) in [6.45, 7) is 0. The number of sulfonamides is 1. The van der Waals surface area contributed by atoms with Gasteiger partial charge >= 0.3 is 0 Å². The van der Waals surface area contributed by atoms with Gasteiger partial charge in [-0.3, -0.25) is 0 Å². The molecule has 2 aromatic carbocycles. The molecule has 0 radical (unpaired) electrons. The molecule has 3 rings (SSSR count). The van der Waals surface area contributed by atoms with E-state index in [1.54, 1.807) is 6.07 Å². The van der Waals surface area contributed by atoms with Gasteiger partial charge < -0.3 is 5.32 Å². The van der Waals surface area contributed by atoms with E-state index in [2.05, 4.69) is 45.5 Å². The number of halogens is 1. The Hall–Kier alpha value is -1.37. The second-order valence-corrected chi connectivity index (χ2v) is 7.62. The zero-order valence-corrected chi connectivity index (χ0v) is 13.6. The summed E-state index contributed by atoms with van der Waals surface area (Å²) in [4.78, 5) is 0.106. The van der Waals surface area contributed by atoms with E-state index < -0.39 is 10.0 Å². The summed E-state index contributed by atoms with van der Waals surface area (Å²) in [5, 5.41) is 8.58. The van der Waals surface area contributed by atoms with Gasteiger partial charge in [0.1, 0.15) is 0 Å². The normalized spacial score (nSPS) is 15.0. The molecule has 0 aromatic heterocycles. The molecule has 0 amide bonds. The zero-order valence-electron chi connectivity index (χ0n) is 11.2. The molecular weight excluding hydrogens is 352 g/mol. The molecule has 0 bridgehead atoms. The summed E-state index contributed by atoms with van der Waals surface area (Å²) in [5.74, 6) is 0. The molecule has 1 aliphatic carbocycles. The van der Waals surface area contributed by atoms with Gasteiger partial charge in [-0.2, -0.15) is 0 Å². The summed E-state index contributed by atoms with van der Waals surface area (Å²) in [6, 6.07) is 13.5. The summed E-state index contributed by atoms with van der Waals surface area (Å²) in [5.41, 5.74) is 3.61. The number of nitrogens with two attached hydrogens (primary N) is 1. The molecule has 4 nitrogen and oxygen atoms in total. The molecule has 0 heterocycles. The molecule has 0 fully saturated rings. The maximum atomic E-state index is 11.3. The Balaban J connectivity index is 1.78. The fraction of sp³-hybridized carbons (Fsp3) is 0.200. The van der Waals surface area contributed by atoms with Crippen LogP contribution in [0.3, 0.4) is 0 Å². The first-order valence-corrected chi connectivity index (χ1v) is 8.93. The van der Waals surface area contributed by atoms with Gasteiger partial charge in [-0.25, -0.2) is 13.6 Å². The molecule has 0 saturated heterocycles. The Morgan fingerprint density at radius 2 is 1.71 bits per heavy atom. The minimum atomic E-state index is -3.67. The maximum absolute atomic E-state index is 11.3. The van der Waals surface area contributed by atoms with E-state index in [1.807, 2.05) is 0 Å². The minimum absolute atomic E-state index is 0.106. The molecule has 0 aliphatic heterocycles. The van der Waals surface area contributed by atoms with Crippen molar-refractivity contribution in [1.82, 2.24) is 0 Å². The summed E-state index contributed by atoms with van der Waals surface area (Å²) in [7, 11) is -3.67. The number of nitrogens with one attached hydrogen (secondary N) is 1. The Morgan fingerprint density at radius 3 is 2.24 bits per heavy atom. The molecule has 21 heavy (non-hydrogen) atoms. The number of rotatable bonds is 3. The lowest BCUT2D eigenvalue weighted by molar-refractivity contribution is 0.598. The first-order chi connectivity index (χ1) is 9.93. The third kappa shape index (κ3) is 3.12. The second-order valence-electron chi connectivity index (χ2n) is 5.20. The summed E-state index contributed by atoms with van der Waals surface area (Å²) < 4.78 is 23.4. The fourth-order valence-electron chi connectivity index (χ4n) is 2.67. The quantitative estimate of drug-likeness (QED) is 0.876. The first kappa shape index (κ1) is 14.6. The van der Waals surface area contributed by atoms with Crippen molar-refractivity contribution in [3.05, 3.63) is 58.1 Å². The predicted molar refractivity (Wildman–Crippen MR) is 86.8 cm³/mol. The monoisotopic (exact) mass is 366 g/mol. The molecule has 0 spiro atoms. The number of benzene rings is 2. The largest absolute Gasteiger partial charge is 0.381 e. The summed E-state index contributed by atoms with van der Waals surface area (Å²) in [6.07, 6.45) is 1.94. The molecule has 0 atom stereocenters. The van der Waals surface area contributed by atoms with Crippen molar-refractivity contribution in [1.29, 1.82) is 0 Å². The standard InChI is InChI=1S/C15H15BrN2O2S/c16-14-9-13(21(17,19)20)5-6-15(14)18-12-7-10-3-1-2-4-11(10)8-12/h1-6,9,12,18H,7-8H2,(H2,17,19,20). The van der Waals surface area contributed by atoms with Crippen molar-refractivity contribution in [3.63, 3.8) is 0 Å². The van der Waals surface area contributed by atoms with E-state index in [-0.39, 0.29) is 4.90 Å². The highest BCUT2D eigenvalue weighted by molar-refractivity contribution is 9.10. The van der Waals surface area contributed by atoms with Crippen molar-refractivity contribution in [2.24, 2.45) is 5.14 Å². The van der Waals surface area contributed by atoms with E-state index in [4.69, 9.17) is 5.14 Å². The van der Waals surface area contributed by atoms with Gasteiger partial charge in [-0.15, -0.1) is 0 Å². The fourth-order valence-corrected chi connectivity index (χ4v) is 3.86. The molecule has 110 valence electrons. The number of hydrogen-bond acceptors (Lipinski definition) is 3. The van der Waals surface area contributed by atoms with Gasteiger partial charge in [0.15, 0.2) is 0 Å². The average molecular weight is 367 g/mol. The van der Waals surface area contributed by atoms with Gasteiger partial charge in [0.25, 0.3) is 0 Å². The molecule has 1 aliphatic rings. The van der Waals surface area contributed by atoms with Crippen LogP contribution in [-0.2, 0) is 22.9 Å². The van der Waals surface area contributed by atoms with Crippen molar-refractivity contribution in [2.45, 2.75) is 23.8 Å². The lowest BCUT2D eigenvalue weighted by Gasteiger charge is -2.15. The summed E-state index contributed by atoms with van der Waals surface area (Å²) >= 11 is 3.40. The van der Waals surface area contributed by atoms with Crippen LogP contribution in [0.5, 0.6) is 0 Å². The Morgan fingerprint density at radius 1 is 1.10 bits per heavy atom. The minimum Gasteiger partial charge on any atom is -0.381 e. The third-order valence-electron chi connectivity index (χ3n) is 3.68. The smallest absolute Gasteiger partial charge is 0.238 e. The van der Waals surface area contributed by atoms with Gasteiger partial charge in [0.05, 0.1) is 4.90 Å². The van der Waals surface area contributed by atoms with Crippen LogP contribution in [0.25, 0.3) is 0 Å². The van der Waals surface area contributed by atoms with E-state index in [0.29, 0.717) is 10.5 Å². The maximum Gasteiger partial charge on any atom is 0.238 e. The van der Waals surface area contributed by atoms with E-state index in [9.17, 15) is 8.42 Å². The van der Waals surface area contributed by atoms with Gasteiger partial charge in [0, 0.05) is 16.2 Å². The van der Waals surface area contributed by atoms with E-state index in [0.717, 1.165) is 18.5 Å². The molecule has 0 unspecified atom stereocenters. The number of anilines is 1. The van der Waals surface area contributed by atoms with Crippen LogP contribution in [-0.4, -0.2) is 14.5 Å². The highest BCUT2D eigenvalue weighted by Crippen LogP contribution is 2.29. The first-order valence-electron chi connectivity index (χ1n) is 6.59. The van der Waals surface area contributed by atoms with Gasteiger partial charge in [-0.05, 0) is 58.1 Å². The van der Waals surface area contributed by atoms with Crippen LogP contribution >= 0.6 is 15.9 Å². The average Bonchev–Trinajstić information content (AvgIpc) is 2.82. The predicted octanol–water partition coefficient (Wildman–Crippen LogP) is 2.68. The van der Waals surface area contributed by atoms with Crippen LogP contribution in [0.4, 0.5) is 5.69 Å². The zero-order chi connectivity index (χ0) is 15.0. The Labute approximate surface area is 132 Å². The lowest BCUT2D eigenvalue weighted by Crippen LogP contribution is -2.20. The molecule has 3 N–H and O–H groups in total. The van der Waals surface area contributed by atoms with Crippen LogP contribution in [0, 0.1) is 0 Å².